The summed E-state index contributed by atoms with van der Waals surface area (Å²) in [5.74, 6) is 0. The highest BCUT2D eigenvalue weighted by Gasteiger charge is 2.35. The summed E-state index contributed by atoms with van der Waals surface area (Å²) in [4.78, 5) is 0. The molecule has 0 spiro atoms. The van der Waals surface area contributed by atoms with Crippen LogP contribution in [0.1, 0.15) is 0 Å². The van der Waals surface area contributed by atoms with Crippen LogP contribution in [0.25, 0.3) is 0 Å². The maximum absolute atomic E-state index is 9.25. The van der Waals surface area contributed by atoms with E-state index in [0.717, 1.165) is 0 Å². The second-order valence-electron chi connectivity index (χ2n) is 2.60. The molecule has 0 saturated carbocycles. The Bertz CT molecular complexity index is 131. The summed E-state index contributed by atoms with van der Waals surface area (Å²) < 4.78 is 4.94. The predicted molar refractivity (Wildman–Crippen MR) is 38.2 cm³/mol. The summed E-state index contributed by atoms with van der Waals surface area (Å²) in [5, 5.41) is 18.5. The zero-order chi connectivity index (χ0) is 8.43. The minimum Gasteiger partial charge on any atom is -0.389 e. The van der Waals surface area contributed by atoms with Crippen LogP contribution in [0.4, 0.5) is 0 Å². The molecule has 0 aliphatic carbocycles. The van der Waals surface area contributed by atoms with Crippen LogP contribution < -0.4 is 11.5 Å². The Morgan fingerprint density at radius 3 is 2.55 bits per heavy atom. The molecule has 1 fully saturated rings. The van der Waals surface area contributed by atoms with Gasteiger partial charge in [-0.3, -0.25) is 0 Å². The quantitative estimate of drug-likeness (QED) is 0.342. The van der Waals surface area contributed by atoms with Gasteiger partial charge in [0.15, 0.2) is 0 Å². The number of nitrogens with two attached hydrogens (primary N) is 2. The maximum atomic E-state index is 9.25. The summed E-state index contributed by atoms with van der Waals surface area (Å²) in [6.45, 7) is 1.47. The van der Waals surface area contributed by atoms with Gasteiger partial charge in [0.1, 0.15) is 18.8 Å². The standard InChI is InChI=1S/C6H13N2O3/c7-1-4-6(10)5(9)3(8)2-11-4/h2-6,9-10H,1,7-8H2/t3-,4+,5+,6+/m0/s1. The molecule has 0 aromatic carbocycles. The van der Waals surface area contributed by atoms with Crippen LogP contribution in [0, 0.1) is 6.61 Å². The number of aliphatic hydroxyl groups is 2. The Hall–Kier alpha value is -0.200. The van der Waals surface area contributed by atoms with Gasteiger partial charge >= 0.3 is 0 Å². The van der Waals surface area contributed by atoms with E-state index in [1.165, 1.54) is 6.61 Å². The molecule has 0 aromatic rings. The highest BCUT2D eigenvalue weighted by atomic mass is 16.5. The Balaban J connectivity index is 2.52. The highest BCUT2D eigenvalue weighted by molar-refractivity contribution is 4.94. The van der Waals surface area contributed by atoms with Crippen molar-refractivity contribution in [2.75, 3.05) is 6.54 Å². The van der Waals surface area contributed by atoms with Crippen molar-refractivity contribution in [2.45, 2.75) is 24.4 Å². The van der Waals surface area contributed by atoms with Crippen molar-refractivity contribution < 1.29 is 14.9 Å². The fourth-order valence-corrected chi connectivity index (χ4v) is 0.995. The summed E-state index contributed by atoms with van der Waals surface area (Å²) in [6, 6.07) is -0.632. The number of hydrogen-bond donors (Lipinski definition) is 4. The highest BCUT2D eigenvalue weighted by Crippen LogP contribution is 2.15. The summed E-state index contributed by atoms with van der Waals surface area (Å²) in [7, 11) is 0. The molecule has 0 amide bonds. The van der Waals surface area contributed by atoms with Crippen LogP contribution in [0.3, 0.4) is 0 Å². The SMILES string of the molecule is NC[C@H]1O[CH][C@H](N)[C@@H](O)[C@@H]1O. The first-order valence-corrected chi connectivity index (χ1v) is 3.47. The molecule has 1 rings (SSSR count). The zero-order valence-electron chi connectivity index (χ0n) is 6.05. The lowest BCUT2D eigenvalue weighted by Gasteiger charge is -2.34. The van der Waals surface area contributed by atoms with Crippen molar-refractivity contribution in [2.24, 2.45) is 11.5 Å². The van der Waals surface area contributed by atoms with Crippen molar-refractivity contribution in [3.63, 3.8) is 0 Å². The fourth-order valence-electron chi connectivity index (χ4n) is 0.995. The van der Waals surface area contributed by atoms with Crippen molar-refractivity contribution in [3.05, 3.63) is 6.61 Å². The van der Waals surface area contributed by atoms with E-state index in [9.17, 15) is 10.2 Å². The van der Waals surface area contributed by atoms with Crippen LogP contribution in [0.15, 0.2) is 0 Å². The molecule has 5 heteroatoms. The van der Waals surface area contributed by atoms with E-state index in [1.54, 1.807) is 0 Å². The summed E-state index contributed by atoms with van der Waals surface area (Å²) in [5.41, 5.74) is 10.6. The average molecular weight is 161 g/mol. The second-order valence-corrected chi connectivity index (χ2v) is 2.60. The average Bonchev–Trinajstić information content (AvgIpc) is 2.01. The monoisotopic (exact) mass is 161 g/mol. The molecule has 65 valence electrons. The van der Waals surface area contributed by atoms with Crippen LogP contribution in [0.5, 0.6) is 0 Å². The number of aliphatic hydroxyl groups excluding tert-OH is 2. The second kappa shape index (κ2) is 3.46. The predicted octanol–water partition coefficient (Wildman–Crippen LogP) is -2.45. The first kappa shape index (κ1) is 8.89. The Labute approximate surface area is 64.9 Å². The van der Waals surface area contributed by atoms with Gasteiger partial charge in [-0.05, 0) is 0 Å². The van der Waals surface area contributed by atoms with Gasteiger partial charge in [0, 0.05) is 6.54 Å². The first-order valence-electron chi connectivity index (χ1n) is 3.47. The lowest BCUT2D eigenvalue weighted by molar-refractivity contribution is -0.115. The van der Waals surface area contributed by atoms with E-state index in [1.807, 2.05) is 0 Å². The number of ether oxygens (including phenoxy) is 1. The van der Waals surface area contributed by atoms with Gasteiger partial charge in [0.2, 0.25) is 0 Å². The van der Waals surface area contributed by atoms with Gasteiger partial charge in [-0.25, -0.2) is 0 Å². The largest absolute Gasteiger partial charge is 0.389 e. The maximum Gasteiger partial charge on any atom is 0.109 e. The van der Waals surface area contributed by atoms with E-state index < -0.39 is 24.4 Å². The molecule has 1 radical (unpaired) electrons. The van der Waals surface area contributed by atoms with Crippen LogP contribution in [-0.2, 0) is 4.74 Å². The first-order chi connectivity index (χ1) is 5.16. The van der Waals surface area contributed by atoms with Crippen LogP contribution >= 0.6 is 0 Å². The molecule has 1 aliphatic heterocycles. The molecule has 1 heterocycles. The van der Waals surface area contributed by atoms with Crippen molar-refractivity contribution in [3.8, 4) is 0 Å². The van der Waals surface area contributed by atoms with Crippen LogP contribution in [-0.4, -0.2) is 41.1 Å². The number of rotatable bonds is 1. The Morgan fingerprint density at radius 1 is 1.36 bits per heavy atom. The minimum absolute atomic E-state index is 0.168. The van der Waals surface area contributed by atoms with Crippen molar-refractivity contribution in [1.29, 1.82) is 0 Å². The molecule has 6 N–H and O–H groups in total. The van der Waals surface area contributed by atoms with Gasteiger partial charge < -0.3 is 26.4 Å². The molecule has 1 saturated heterocycles. The van der Waals surface area contributed by atoms with E-state index >= 15 is 0 Å². The van der Waals surface area contributed by atoms with E-state index in [-0.39, 0.29) is 6.54 Å². The molecular formula is C6H13N2O3. The third kappa shape index (κ3) is 1.69. The van der Waals surface area contributed by atoms with Crippen molar-refractivity contribution >= 4 is 0 Å². The van der Waals surface area contributed by atoms with Gasteiger partial charge in [-0.15, -0.1) is 0 Å². The summed E-state index contributed by atoms with van der Waals surface area (Å²) >= 11 is 0. The summed E-state index contributed by atoms with van der Waals surface area (Å²) in [6.07, 6.45) is -2.50. The molecule has 11 heavy (non-hydrogen) atoms. The molecule has 0 unspecified atom stereocenters. The molecule has 1 aliphatic rings. The van der Waals surface area contributed by atoms with Gasteiger partial charge in [-0.2, -0.15) is 0 Å². The number of hydrogen-bond acceptors (Lipinski definition) is 5. The Kier molecular flexibility index (Phi) is 2.80. The minimum atomic E-state index is -0.986. The molecule has 0 aromatic heterocycles. The smallest absolute Gasteiger partial charge is 0.109 e. The van der Waals surface area contributed by atoms with Gasteiger partial charge in [0.25, 0.3) is 0 Å². The van der Waals surface area contributed by atoms with E-state index in [4.69, 9.17) is 16.2 Å². The van der Waals surface area contributed by atoms with E-state index in [2.05, 4.69) is 0 Å². The lowest BCUT2D eigenvalue weighted by Crippen LogP contribution is -2.56. The van der Waals surface area contributed by atoms with Crippen LogP contribution in [0.2, 0.25) is 0 Å². The lowest BCUT2D eigenvalue weighted by atomic mass is 9.99. The normalized spacial score (nSPS) is 45.8. The fraction of sp³-hybridized carbons (Fsp3) is 0.833. The zero-order valence-corrected chi connectivity index (χ0v) is 6.05. The molecular weight excluding hydrogens is 148 g/mol. The molecule has 0 bridgehead atoms. The molecule has 5 nitrogen and oxygen atoms in total. The third-order valence-corrected chi connectivity index (χ3v) is 1.77. The topological polar surface area (TPSA) is 102 Å². The van der Waals surface area contributed by atoms with E-state index in [0.29, 0.717) is 0 Å². The van der Waals surface area contributed by atoms with Crippen molar-refractivity contribution in [1.82, 2.24) is 0 Å². The Morgan fingerprint density at radius 2 is 2.00 bits per heavy atom. The van der Waals surface area contributed by atoms with Gasteiger partial charge in [0.05, 0.1) is 12.1 Å². The van der Waals surface area contributed by atoms with Gasteiger partial charge in [-0.1, -0.05) is 0 Å². The third-order valence-electron chi connectivity index (χ3n) is 1.77. The molecule has 4 atom stereocenters.